The van der Waals surface area contributed by atoms with Gasteiger partial charge in [-0.05, 0) is 56.5 Å². The Labute approximate surface area is 149 Å². The Hall–Kier alpha value is -1.10. The smallest absolute Gasteiger partial charge is 0.240 e. The van der Waals surface area contributed by atoms with E-state index in [1.807, 2.05) is 18.2 Å². The molecule has 5 heteroatoms. The molecule has 1 atom stereocenters. The molecular formula is C19H28ClN3O. The molecule has 0 radical (unpaired) electrons. The molecule has 1 saturated heterocycles. The highest BCUT2D eigenvalue weighted by Crippen LogP contribution is 2.28. The second kappa shape index (κ2) is 7.85. The number of halogens is 1. The molecule has 1 unspecified atom stereocenters. The summed E-state index contributed by atoms with van der Waals surface area (Å²) in [5, 5.41) is 3.88. The molecule has 0 spiro atoms. The number of carbonyl (C=O) groups is 1. The molecule has 1 aromatic rings. The average Bonchev–Trinajstić information content (AvgIpc) is 3.10. The average molecular weight is 350 g/mol. The van der Waals surface area contributed by atoms with Crippen molar-refractivity contribution in [3.05, 3.63) is 34.9 Å². The summed E-state index contributed by atoms with van der Waals surface area (Å²) >= 11 is 6.18. The van der Waals surface area contributed by atoms with E-state index in [9.17, 15) is 4.79 Å². The first kappa shape index (κ1) is 17.7. The van der Waals surface area contributed by atoms with E-state index >= 15 is 0 Å². The number of rotatable bonds is 5. The summed E-state index contributed by atoms with van der Waals surface area (Å²) in [6, 6.07) is 8.15. The summed E-state index contributed by atoms with van der Waals surface area (Å²) in [7, 11) is 0. The molecule has 2 fully saturated rings. The molecule has 0 aromatic heterocycles. The fourth-order valence-electron chi connectivity index (χ4n) is 4.00. The van der Waals surface area contributed by atoms with Crippen molar-refractivity contribution in [1.29, 1.82) is 0 Å². The summed E-state index contributed by atoms with van der Waals surface area (Å²) in [6.45, 7) is 2.74. The van der Waals surface area contributed by atoms with E-state index in [0.29, 0.717) is 6.54 Å². The van der Waals surface area contributed by atoms with E-state index in [1.165, 1.54) is 24.8 Å². The summed E-state index contributed by atoms with van der Waals surface area (Å²) in [4.78, 5) is 15.1. The van der Waals surface area contributed by atoms with Gasteiger partial charge in [0.25, 0.3) is 0 Å². The van der Waals surface area contributed by atoms with Crippen molar-refractivity contribution in [3.63, 3.8) is 0 Å². The third-order valence-corrected chi connectivity index (χ3v) is 5.70. The normalized spacial score (nSPS) is 22.2. The number of hydrogen-bond donors (Lipinski definition) is 2. The van der Waals surface area contributed by atoms with Crippen LogP contribution in [0.1, 0.15) is 56.6 Å². The molecule has 3 rings (SSSR count). The molecule has 132 valence electrons. The molecule has 4 nitrogen and oxygen atoms in total. The van der Waals surface area contributed by atoms with Crippen molar-refractivity contribution in [2.75, 3.05) is 19.6 Å². The van der Waals surface area contributed by atoms with Crippen molar-refractivity contribution < 1.29 is 4.79 Å². The Kier molecular flexibility index (Phi) is 5.80. The van der Waals surface area contributed by atoms with Crippen LogP contribution in [0.25, 0.3) is 0 Å². The minimum atomic E-state index is -0.678. The number of amides is 1. The number of carbonyl (C=O) groups excluding carboxylic acids is 1. The van der Waals surface area contributed by atoms with Gasteiger partial charge in [0.15, 0.2) is 0 Å². The third-order valence-electron chi connectivity index (χ3n) is 5.47. The topological polar surface area (TPSA) is 58.4 Å². The van der Waals surface area contributed by atoms with Crippen LogP contribution in [-0.4, -0.2) is 36.0 Å². The summed E-state index contributed by atoms with van der Waals surface area (Å²) < 4.78 is 0. The van der Waals surface area contributed by atoms with Gasteiger partial charge in [-0.3, -0.25) is 9.69 Å². The van der Waals surface area contributed by atoms with Crippen molar-refractivity contribution >= 4 is 17.5 Å². The van der Waals surface area contributed by atoms with Gasteiger partial charge in [0.2, 0.25) is 5.91 Å². The van der Waals surface area contributed by atoms with Crippen LogP contribution >= 0.6 is 11.6 Å². The first-order chi connectivity index (χ1) is 11.6. The molecule has 1 aromatic carbocycles. The van der Waals surface area contributed by atoms with E-state index < -0.39 is 5.54 Å². The van der Waals surface area contributed by atoms with Crippen LogP contribution in [0.5, 0.6) is 0 Å². The van der Waals surface area contributed by atoms with Gasteiger partial charge < -0.3 is 11.1 Å². The van der Waals surface area contributed by atoms with Gasteiger partial charge in [-0.2, -0.15) is 0 Å². The maximum absolute atomic E-state index is 12.7. The van der Waals surface area contributed by atoms with Crippen molar-refractivity contribution in [1.82, 2.24) is 10.2 Å². The van der Waals surface area contributed by atoms with Gasteiger partial charge in [0.1, 0.15) is 0 Å². The van der Waals surface area contributed by atoms with Gasteiger partial charge in [-0.15, -0.1) is 0 Å². The van der Waals surface area contributed by atoms with Gasteiger partial charge in [0.05, 0.1) is 11.6 Å². The minimum absolute atomic E-state index is 0.00780. The van der Waals surface area contributed by atoms with Gasteiger partial charge in [-0.1, -0.05) is 43.0 Å². The van der Waals surface area contributed by atoms with Crippen LogP contribution in [0.2, 0.25) is 5.02 Å². The Morgan fingerprint density at radius 3 is 2.58 bits per heavy atom. The third kappa shape index (κ3) is 4.11. The highest BCUT2D eigenvalue weighted by atomic mass is 35.5. The van der Waals surface area contributed by atoms with Gasteiger partial charge in [-0.25, -0.2) is 0 Å². The Morgan fingerprint density at radius 1 is 1.21 bits per heavy atom. The number of hydrogen-bond acceptors (Lipinski definition) is 3. The lowest BCUT2D eigenvalue weighted by Gasteiger charge is -2.34. The van der Waals surface area contributed by atoms with Crippen molar-refractivity contribution in [3.8, 4) is 0 Å². The predicted molar refractivity (Wildman–Crippen MR) is 98.0 cm³/mol. The highest BCUT2D eigenvalue weighted by Gasteiger charge is 2.35. The Bertz CT molecular complexity index is 565. The molecule has 24 heavy (non-hydrogen) atoms. The lowest BCUT2D eigenvalue weighted by Crippen LogP contribution is -2.56. The molecule has 3 N–H and O–H groups in total. The van der Waals surface area contributed by atoms with Crippen molar-refractivity contribution in [2.24, 2.45) is 5.73 Å². The lowest BCUT2D eigenvalue weighted by atomic mass is 9.82. The zero-order valence-electron chi connectivity index (χ0n) is 14.3. The van der Waals surface area contributed by atoms with E-state index in [4.69, 9.17) is 17.3 Å². The quantitative estimate of drug-likeness (QED) is 0.857. The fraction of sp³-hybridized carbons (Fsp3) is 0.632. The molecule has 1 saturated carbocycles. The Balaban J connectivity index is 1.69. The number of nitrogens with zero attached hydrogens (tertiary/aromatic N) is 1. The van der Waals surface area contributed by atoms with E-state index in [1.54, 1.807) is 0 Å². The maximum atomic E-state index is 12.7. The zero-order chi connectivity index (χ0) is 17.0. The summed E-state index contributed by atoms with van der Waals surface area (Å²) in [6.07, 6.45) is 7.30. The van der Waals surface area contributed by atoms with Crippen LogP contribution < -0.4 is 11.1 Å². The predicted octanol–water partition coefficient (Wildman–Crippen LogP) is 3.25. The van der Waals surface area contributed by atoms with E-state index in [0.717, 1.165) is 43.8 Å². The Morgan fingerprint density at radius 2 is 1.92 bits per heavy atom. The largest absolute Gasteiger partial charge is 0.353 e. The monoisotopic (exact) mass is 349 g/mol. The van der Waals surface area contributed by atoms with Crippen LogP contribution in [0, 0.1) is 0 Å². The minimum Gasteiger partial charge on any atom is -0.353 e. The maximum Gasteiger partial charge on any atom is 0.240 e. The second-order valence-corrected chi connectivity index (χ2v) is 7.68. The van der Waals surface area contributed by atoms with Gasteiger partial charge in [0, 0.05) is 11.6 Å². The molecular weight excluding hydrogens is 322 g/mol. The van der Waals surface area contributed by atoms with Crippen molar-refractivity contribution in [2.45, 2.75) is 56.5 Å². The van der Waals surface area contributed by atoms with E-state index in [-0.39, 0.29) is 11.9 Å². The highest BCUT2D eigenvalue weighted by molar-refractivity contribution is 6.30. The molecule has 1 heterocycles. The van der Waals surface area contributed by atoms with Gasteiger partial charge >= 0.3 is 0 Å². The zero-order valence-corrected chi connectivity index (χ0v) is 15.0. The molecule has 2 aliphatic rings. The first-order valence-corrected chi connectivity index (χ1v) is 9.53. The second-order valence-electron chi connectivity index (χ2n) is 7.24. The molecule has 0 bridgehead atoms. The molecule has 1 aliphatic heterocycles. The molecule has 1 amide bonds. The fourth-order valence-corrected chi connectivity index (χ4v) is 4.20. The van der Waals surface area contributed by atoms with Crippen LogP contribution in [0.4, 0.5) is 0 Å². The van der Waals surface area contributed by atoms with Crippen LogP contribution in [-0.2, 0) is 4.79 Å². The number of benzene rings is 1. The van der Waals surface area contributed by atoms with E-state index in [2.05, 4.69) is 16.3 Å². The van der Waals surface area contributed by atoms with Crippen LogP contribution in [0.15, 0.2) is 24.3 Å². The first-order valence-electron chi connectivity index (χ1n) is 9.15. The number of nitrogens with one attached hydrogen (secondary N) is 1. The summed E-state index contributed by atoms with van der Waals surface area (Å²) in [5.41, 5.74) is 6.85. The standard InChI is InChI=1S/C19H28ClN3O/c20-16-8-6-7-15(13-16)17(23-11-4-5-12-23)14-22-18(24)19(21)9-2-1-3-10-19/h6-8,13,17H,1-5,9-12,14,21H2,(H,22,24). The SMILES string of the molecule is NC1(C(=O)NCC(c2cccc(Cl)c2)N2CCCC2)CCCCC1. The molecule has 1 aliphatic carbocycles. The lowest BCUT2D eigenvalue weighted by molar-refractivity contribution is -0.127. The summed E-state index contributed by atoms with van der Waals surface area (Å²) in [5.74, 6) is 0.00780. The number of nitrogens with two attached hydrogens (primary N) is 1. The van der Waals surface area contributed by atoms with Crippen LogP contribution in [0.3, 0.4) is 0 Å². The number of likely N-dealkylation sites (tertiary alicyclic amines) is 1.